The van der Waals surface area contributed by atoms with Gasteiger partial charge >= 0.3 is 11.8 Å². The van der Waals surface area contributed by atoms with Crippen LogP contribution in [-0.4, -0.2) is 53.4 Å². The second-order valence-electron chi connectivity index (χ2n) is 4.82. The van der Waals surface area contributed by atoms with E-state index in [1.807, 2.05) is 6.26 Å². The maximum Gasteiger partial charge on any atom is 0.307 e. The normalized spacial score (nSPS) is 31.0. The first kappa shape index (κ1) is 14.6. The van der Waals surface area contributed by atoms with E-state index < -0.39 is 17.9 Å². The van der Waals surface area contributed by atoms with Crippen LogP contribution in [0.25, 0.3) is 0 Å². The molecule has 0 aliphatic carbocycles. The molecule has 8 heteroatoms. The van der Waals surface area contributed by atoms with Gasteiger partial charge in [-0.15, -0.1) is 0 Å². The molecule has 0 amide bonds. The second-order valence-corrected chi connectivity index (χ2v) is 5.59. The van der Waals surface area contributed by atoms with E-state index in [0.717, 1.165) is 6.42 Å². The molecule has 0 unspecified atom stereocenters. The third kappa shape index (κ3) is 2.83. The summed E-state index contributed by atoms with van der Waals surface area (Å²) in [6, 6.07) is 1.62. The molecule has 2 aliphatic heterocycles. The monoisotopic (exact) mass is 312 g/mol. The van der Waals surface area contributed by atoms with Crippen LogP contribution < -0.4 is 4.74 Å². The zero-order valence-corrected chi connectivity index (χ0v) is 12.6. The molecule has 0 radical (unpaired) electrons. The van der Waals surface area contributed by atoms with Crippen molar-refractivity contribution in [3.63, 3.8) is 0 Å². The first-order chi connectivity index (χ1) is 10.1. The van der Waals surface area contributed by atoms with E-state index in [0.29, 0.717) is 17.6 Å². The van der Waals surface area contributed by atoms with Crippen molar-refractivity contribution in [3.8, 4) is 5.88 Å². The summed E-state index contributed by atoms with van der Waals surface area (Å²) in [5.74, 6) is -1.40. The number of carbonyl (C=O) groups is 1. The number of esters is 1. The average Bonchev–Trinajstić information content (AvgIpc) is 3.03. The fourth-order valence-electron chi connectivity index (χ4n) is 2.55. The van der Waals surface area contributed by atoms with Crippen molar-refractivity contribution in [2.24, 2.45) is 0 Å². The van der Waals surface area contributed by atoms with Gasteiger partial charge in [0.05, 0.1) is 12.7 Å². The van der Waals surface area contributed by atoms with Crippen molar-refractivity contribution in [1.82, 2.24) is 9.97 Å². The Labute approximate surface area is 126 Å². The Morgan fingerprint density at radius 3 is 3.14 bits per heavy atom. The number of hydrogen-bond donors (Lipinski definition) is 0. The summed E-state index contributed by atoms with van der Waals surface area (Å²) >= 11 is 1.40. The van der Waals surface area contributed by atoms with Crippen molar-refractivity contribution in [2.75, 3.05) is 19.5 Å². The van der Waals surface area contributed by atoms with Gasteiger partial charge in [0.1, 0.15) is 6.61 Å². The Balaban J connectivity index is 1.87. The number of nitrogens with zero attached hydrogens (tertiary/aromatic N) is 2. The summed E-state index contributed by atoms with van der Waals surface area (Å²) < 4.78 is 22.6. The SMILES string of the molecule is CSc1nccc(O[C@]2(OC(C)=O)CO[C@@H]3CCO[C@H]32)n1. The third-order valence-electron chi connectivity index (χ3n) is 3.35. The van der Waals surface area contributed by atoms with Crippen LogP contribution in [0.1, 0.15) is 13.3 Å². The minimum Gasteiger partial charge on any atom is -0.430 e. The third-order valence-corrected chi connectivity index (χ3v) is 3.92. The van der Waals surface area contributed by atoms with E-state index in [9.17, 15) is 4.79 Å². The fourth-order valence-corrected chi connectivity index (χ4v) is 2.90. The molecule has 0 N–H and O–H groups in total. The second kappa shape index (κ2) is 5.78. The van der Waals surface area contributed by atoms with E-state index in [2.05, 4.69) is 9.97 Å². The van der Waals surface area contributed by atoms with Crippen molar-refractivity contribution >= 4 is 17.7 Å². The minimum absolute atomic E-state index is 0.119. The van der Waals surface area contributed by atoms with Gasteiger partial charge in [-0.25, -0.2) is 4.98 Å². The minimum atomic E-state index is -1.28. The number of hydrogen-bond acceptors (Lipinski definition) is 8. The van der Waals surface area contributed by atoms with Gasteiger partial charge in [-0.1, -0.05) is 11.8 Å². The van der Waals surface area contributed by atoms with Crippen LogP contribution in [0.5, 0.6) is 5.88 Å². The lowest BCUT2D eigenvalue weighted by Crippen LogP contribution is -2.52. The van der Waals surface area contributed by atoms with Crippen molar-refractivity contribution in [2.45, 2.75) is 36.5 Å². The van der Waals surface area contributed by atoms with Gasteiger partial charge in [-0.05, 0) is 12.7 Å². The van der Waals surface area contributed by atoms with E-state index in [1.165, 1.54) is 18.7 Å². The number of ether oxygens (including phenoxy) is 4. The quantitative estimate of drug-likeness (QED) is 0.353. The smallest absolute Gasteiger partial charge is 0.307 e. The number of thioether (sulfide) groups is 1. The van der Waals surface area contributed by atoms with Crippen LogP contribution in [0.15, 0.2) is 17.4 Å². The number of aromatic nitrogens is 2. The van der Waals surface area contributed by atoms with Crippen molar-refractivity contribution in [1.29, 1.82) is 0 Å². The van der Waals surface area contributed by atoms with E-state index in [4.69, 9.17) is 18.9 Å². The zero-order valence-electron chi connectivity index (χ0n) is 11.8. The maximum absolute atomic E-state index is 11.5. The van der Waals surface area contributed by atoms with Crippen molar-refractivity contribution in [3.05, 3.63) is 12.3 Å². The molecule has 0 bridgehead atoms. The molecule has 0 spiro atoms. The summed E-state index contributed by atoms with van der Waals surface area (Å²) in [7, 11) is 0. The van der Waals surface area contributed by atoms with Gasteiger partial charge < -0.3 is 18.9 Å². The highest BCUT2D eigenvalue weighted by Gasteiger charge is 2.58. The molecule has 3 rings (SSSR count). The van der Waals surface area contributed by atoms with E-state index in [1.54, 1.807) is 12.3 Å². The lowest BCUT2D eigenvalue weighted by atomic mass is 10.1. The molecule has 0 aromatic carbocycles. The van der Waals surface area contributed by atoms with Gasteiger partial charge in [-0.2, -0.15) is 4.98 Å². The zero-order chi connectivity index (χ0) is 14.9. The van der Waals surface area contributed by atoms with Crippen molar-refractivity contribution < 1.29 is 23.7 Å². The Morgan fingerprint density at radius 2 is 2.38 bits per heavy atom. The maximum atomic E-state index is 11.5. The van der Waals surface area contributed by atoms with Crippen LogP contribution in [0.4, 0.5) is 0 Å². The summed E-state index contributed by atoms with van der Waals surface area (Å²) in [6.45, 7) is 2.02. The van der Waals surface area contributed by atoms with Crippen LogP contribution >= 0.6 is 11.8 Å². The topological polar surface area (TPSA) is 79.8 Å². The number of carbonyl (C=O) groups excluding carboxylic acids is 1. The molecular weight excluding hydrogens is 296 g/mol. The predicted octanol–water partition coefficient (Wildman–Crippen LogP) is 1.02. The van der Waals surface area contributed by atoms with Crippen LogP contribution in [-0.2, 0) is 19.0 Å². The first-order valence-electron chi connectivity index (χ1n) is 6.62. The molecule has 7 nitrogen and oxygen atoms in total. The van der Waals surface area contributed by atoms with Crippen LogP contribution in [0.3, 0.4) is 0 Å². The molecule has 1 aromatic rings. The first-order valence-corrected chi connectivity index (χ1v) is 7.84. The largest absolute Gasteiger partial charge is 0.430 e. The Kier molecular flexibility index (Phi) is 4.01. The highest BCUT2D eigenvalue weighted by atomic mass is 32.2. The average molecular weight is 312 g/mol. The van der Waals surface area contributed by atoms with Gasteiger partial charge in [0, 0.05) is 19.2 Å². The molecule has 1 aromatic heterocycles. The molecule has 3 atom stereocenters. The molecule has 2 saturated heterocycles. The number of rotatable bonds is 4. The Morgan fingerprint density at radius 1 is 1.52 bits per heavy atom. The molecule has 2 aliphatic rings. The molecular formula is C13H16N2O5S. The predicted molar refractivity (Wildman–Crippen MR) is 73.0 cm³/mol. The van der Waals surface area contributed by atoms with Crippen LogP contribution in [0, 0.1) is 0 Å². The van der Waals surface area contributed by atoms with E-state index >= 15 is 0 Å². The molecule has 3 heterocycles. The lowest BCUT2D eigenvalue weighted by molar-refractivity contribution is -0.224. The highest BCUT2D eigenvalue weighted by Crippen LogP contribution is 2.38. The fraction of sp³-hybridized carbons (Fsp3) is 0.615. The summed E-state index contributed by atoms with van der Waals surface area (Å²) in [6.07, 6.45) is 3.67. The van der Waals surface area contributed by atoms with Crippen LogP contribution in [0.2, 0.25) is 0 Å². The lowest BCUT2D eigenvalue weighted by Gasteiger charge is -2.31. The van der Waals surface area contributed by atoms with Gasteiger partial charge in [0.15, 0.2) is 11.3 Å². The van der Waals surface area contributed by atoms with Gasteiger partial charge in [0.2, 0.25) is 5.88 Å². The molecule has 114 valence electrons. The number of fused-ring (bicyclic) bond motifs is 1. The standard InChI is InChI=1S/C13H16N2O5S/c1-8(16)19-13(7-18-9-4-6-17-11(9)13)20-10-3-5-14-12(15-10)21-2/h3,5,9,11H,4,6-7H2,1-2H3/t9-,11-,13-/m1/s1. The molecule has 21 heavy (non-hydrogen) atoms. The molecule has 0 saturated carbocycles. The summed E-state index contributed by atoms with van der Waals surface area (Å²) in [5, 5.41) is 0.577. The Hall–Kier alpha value is -1.38. The van der Waals surface area contributed by atoms with Gasteiger partial charge in [0.25, 0.3) is 0 Å². The Bertz CT molecular complexity index is 543. The highest BCUT2D eigenvalue weighted by molar-refractivity contribution is 7.98. The summed E-state index contributed by atoms with van der Waals surface area (Å²) in [4.78, 5) is 19.8. The van der Waals surface area contributed by atoms with E-state index in [-0.39, 0.29) is 12.7 Å². The molecule has 2 fully saturated rings. The summed E-state index contributed by atoms with van der Waals surface area (Å²) in [5.41, 5.74) is 0. The van der Waals surface area contributed by atoms with Gasteiger partial charge in [-0.3, -0.25) is 4.79 Å².